The Morgan fingerprint density at radius 3 is 2.25 bits per heavy atom. The molecule has 1 rings (SSSR count). The van der Waals surface area contributed by atoms with Gasteiger partial charge in [0.25, 0.3) is 0 Å². The zero-order chi connectivity index (χ0) is 12.2. The van der Waals surface area contributed by atoms with Crippen LogP contribution >= 0.6 is 0 Å². The first-order valence-corrected chi connectivity index (χ1v) is 5.49. The summed E-state index contributed by atoms with van der Waals surface area (Å²) in [5, 5.41) is 0. The number of alkyl halides is 3. The van der Waals surface area contributed by atoms with Crippen molar-refractivity contribution in [2.45, 2.75) is 11.1 Å². The van der Waals surface area contributed by atoms with Gasteiger partial charge in [-0.1, -0.05) is 0 Å². The van der Waals surface area contributed by atoms with Crippen LogP contribution in [-0.2, 0) is 15.5 Å². The van der Waals surface area contributed by atoms with Gasteiger partial charge in [-0.05, 0) is 24.3 Å². The summed E-state index contributed by atoms with van der Waals surface area (Å²) >= 11 is 0. The van der Waals surface area contributed by atoms with E-state index >= 15 is 0 Å². The SMILES string of the molecule is O=S(COCC(F)(F)F)c1ccc(F)cc1. The smallest absolute Gasteiger partial charge is 0.358 e. The van der Waals surface area contributed by atoms with E-state index in [1.165, 1.54) is 12.1 Å². The summed E-state index contributed by atoms with van der Waals surface area (Å²) in [6.07, 6.45) is -4.44. The Morgan fingerprint density at radius 2 is 1.75 bits per heavy atom. The van der Waals surface area contributed by atoms with Gasteiger partial charge < -0.3 is 4.74 Å². The molecule has 1 aromatic rings. The van der Waals surface area contributed by atoms with E-state index in [0.29, 0.717) is 0 Å². The van der Waals surface area contributed by atoms with Crippen molar-refractivity contribution in [3.05, 3.63) is 30.1 Å². The second kappa shape index (κ2) is 5.40. The Hall–Kier alpha value is -0.950. The van der Waals surface area contributed by atoms with Crippen molar-refractivity contribution in [2.75, 3.05) is 12.5 Å². The lowest BCUT2D eigenvalue weighted by atomic mass is 10.4. The number of rotatable bonds is 4. The van der Waals surface area contributed by atoms with Crippen LogP contribution in [0.25, 0.3) is 0 Å². The Bertz CT molecular complexity index is 361. The molecule has 0 saturated carbocycles. The zero-order valence-corrected chi connectivity index (χ0v) is 8.78. The molecule has 90 valence electrons. The second-order valence-corrected chi connectivity index (χ2v) is 4.28. The van der Waals surface area contributed by atoms with Crippen molar-refractivity contribution in [1.82, 2.24) is 0 Å². The first-order chi connectivity index (χ1) is 7.38. The maximum Gasteiger partial charge on any atom is 0.411 e. The molecule has 0 saturated heterocycles. The third kappa shape index (κ3) is 4.71. The average molecular weight is 256 g/mol. The lowest BCUT2D eigenvalue weighted by Gasteiger charge is -2.07. The molecule has 0 N–H and O–H groups in total. The molecule has 16 heavy (non-hydrogen) atoms. The van der Waals surface area contributed by atoms with Gasteiger partial charge in [0.15, 0.2) is 0 Å². The molecule has 1 atom stereocenters. The van der Waals surface area contributed by atoms with E-state index in [0.717, 1.165) is 12.1 Å². The number of ether oxygens (including phenoxy) is 1. The van der Waals surface area contributed by atoms with Gasteiger partial charge in [0.05, 0.1) is 10.8 Å². The predicted molar refractivity (Wildman–Crippen MR) is 49.7 cm³/mol. The van der Waals surface area contributed by atoms with Crippen LogP contribution in [-0.4, -0.2) is 22.9 Å². The molecule has 0 spiro atoms. The van der Waals surface area contributed by atoms with Gasteiger partial charge >= 0.3 is 6.18 Å². The third-order valence-electron chi connectivity index (χ3n) is 1.53. The summed E-state index contributed by atoms with van der Waals surface area (Å²) in [7, 11) is -1.72. The van der Waals surface area contributed by atoms with Crippen LogP contribution in [0.2, 0.25) is 0 Å². The number of benzene rings is 1. The van der Waals surface area contributed by atoms with Gasteiger partial charge in [-0.15, -0.1) is 0 Å². The summed E-state index contributed by atoms with van der Waals surface area (Å²) in [5.74, 6) is -1.07. The van der Waals surface area contributed by atoms with E-state index in [1.54, 1.807) is 0 Å². The summed E-state index contributed by atoms with van der Waals surface area (Å²) in [4.78, 5) is 0.226. The van der Waals surface area contributed by atoms with Crippen molar-refractivity contribution in [1.29, 1.82) is 0 Å². The summed E-state index contributed by atoms with van der Waals surface area (Å²) in [6, 6.07) is 4.64. The Labute approximate surface area is 91.7 Å². The summed E-state index contributed by atoms with van der Waals surface area (Å²) in [6.45, 7) is -1.44. The van der Waals surface area contributed by atoms with Gasteiger partial charge in [0.2, 0.25) is 0 Å². The zero-order valence-electron chi connectivity index (χ0n) is 7.96. The molecule has 0 aromatic heterocycles. The van der Waals surface area contributed by atoms with E-state index < -0.39 is 35.3 Å². The van der Waals surface area contributed by atoms with Crippen LogP contribution in [0.15, 0.2) is 29.2 Å². The van der Waals surface area contributed by atoms with E-state index in [9.17, 15) is 21.8 Å². The minimum Gasteiger partial charge on any atom is -0.358 e. The van der Waals surface area contributed by atoms with Gasteiger partial charge in [-0.25, -0.2) is 4.39 Å². The number of hydrogen-bond acceptors (Lipinski definition) is 2. The maximum atomic E-state index is 12.5. The standard InChI is InChI=1S/C9H8F4O2S/c10-7-1-3-8(4-2-7)16(14)6-15-5-9(11,12)13/h1-4H,5-6H2. The molecule has 7 heteroatoms. The van der Waals surface area contributed by atoms with Crippen molar-refractivity contribution in [3.63, 3.8) is 0 Å². The van der Waals surface area contributed by atoms with Crippen LogP contribution in [0.1, 0.15) is 0 Å². The lowest BCUT2D eigenvalue weighted by Crippen LogP contribution is -2.18. The highest BCUT2D eigenvalue weighted by atomic mass is 32.2. The molecule has 0 amide bonds. The van der Waals surface area contributed by atoms with Crippen molar-refractivity contribution < 1.29 is 26.5 Å². The molecule has 1 aromatic carbocycles. The van der Waals surface area contributed by atoms with E-state index in [-0.39, 0.29) is 4.90 Å². The first-order valence-electron chi connectivity index (χ1n) is 4.17. The Kier molecular flexibility index (Phi) is 4.43. The number of hydrogen-bond donors (Lipinski definition) is 0. The summed E-state index contributed by atoms with van der Waals surface area (Å²) in [5.41, 5.74) is 0. The third-order valence-corrected chi connectivity index (χ3v) is 2.71. The van der Waals surface area contributed by atoms with Crippen LogP contribution < -0.4 is 0 Å². The normalized spacial score (nSPS) is 13.8. The lowest BCUT2D eigenvalue weighted by molar-refractivity contribution is -0.169. The highest BCUT2D eigenvalue weighted by Crippen LogP contribution is 2.15. The average Bonchev–Trinajstić information content (AvgIpc) is 2.16. The fraction of sp³-hybridized carbons (Fsp3) is 0.333. The minimum absolute atomic E-state index is 0.226. The first kappa shape index (κ1) is 13.1. The monoisotopic (exact) mass is 256 g/mol. The van der Waals surface area contributed by atoms with Crippen molar-refractivity contribution >= 4 is 10.8 Å². The molecule has 0 heterocycles. The van der Waals surface area contributed by atoms with Crippen LogP contribution in [0.3, 0.4) is 0 Å². The van der Waals surface area contributed by atoms with Gasteiger partial charge in [0, 0.05) is 4.90 Å². The van der Waals surface area contributed by atoms with E-state index in [2.05, 4.69) is 4.74 Å². The Morgan fingerprint density at radius 1 is 1.19 bits per heavy atom. The molecule has 2 nitrogen and oxygen atoms in total. The number of halogens is 4. The minimum atomic E-state index is -4.44. The predicted octanol–water partition coefficient (Wildman–Crippen LogP) is 2.47. The van der Waals surface area contributed by atoms with Gasteiger partial charge in [-0.3, -0.25) is 4.21 Å². The largest absolute Gasteiger partial charge is 0.411 e. The van der Waals surface area contributed by atoms with Gasteiger partial charge in [0.1, 0.15) is 18.4 Å². The molecule has 1 unspecified atom stereocenters. The van der Waals surface area contributed by atoms with Crippen molar-refractivity contribution in [2.24, 2.45) is 0 Å². The second-order valence-electron chi connectivity index (χ2n) is 2.88. The highest BCUT2D eigenvalue weighted by Gasteiger charge is 2.27. The Balaban J connectivity index is 2.44. The quantitative estimate of drug-likeness (QED) is 0.773. The van der Waals surface area contributed by atoms with Crippen LogP contribution in [0.5, 0.6) is 0 Å². The fourth-order valence-electron chi connectivity index (χ4n) is 0.888. The molecule has 0 aliphatic rings. The molecule has 0 bridgehead atoms. The molecule has 0 aliphatic heterocycles. The molecular weight excluding hydrogens is 248 g/mol. The molecule has 0 aliphatic carbocycles. The molecule has 0 fully saturated rings. The highest BCUT2D eigenvalue weighted by molar-refractivity contribution is 7.84. The molecular formula is C9H8F4O2S. The molecule has 0 radical (unpaired) electrons. The van der Waals surface area contributed by atoms with E-state index in [4.69, 9.17) is 0 Å². The summed E-state index contributed by atoms with van der Waals surface area (Å²) < 4.78 is 63.1. The van der Waals surface area contributed by atoms with E-state index in [1.807, 2.05) is 0 Å². The topological polar surface area (TPSA) is 26.3 Å². The van der Waals surface area contributed by atoms with Gasteiger partial charge in [-0.2, -0.15) is 13.2 Å². The maximum absolute atomic E-state index is 12.5. The van der Waals surface area contributed by atoms with Crippen molar-refractivity contribution in [3.8, 4) is 0 Å². The fourth-order valence-corrected chi connectivity index (χ4v) is 1.70. The van der Waals surface area contributed by atoms with Crippen LogP contribution in [0, 0.1) is 5.82 Å². The van der Waals surface area contributed by atoms with Crippen LogP contribution in [0.4, 0.5) is 17.6 Å².